The number of nitrogens with one attached hydrogen (secondary N) is 2. The van der Waals surface area contributed by atoms with Crippen molar-refractivity contribution >= 4 is 64.5 Å². The molecule has 6 N–H and O–H groups in total. The molecule has 0 aliphatic rings. The Balaban J connectivity index is 1.46. The summed E-state index contributed by atoms with van der Waals surface area (Å²) in [6.45, 7) is -0.179. The number of H-pyrrole nitrogens is 2. The first kappa shape index (κ1) is 40.0. The quantitative estimate of drug-likeness (QED) is 0.0494. The summed E-state index contributed by atoms with van der Waals surface area (Å²) >= 11 is 0. The summed E-state index contributed by atoms with van der Waals surface area (Å²) < 4.78 is 107. The summed E-state index contributed by atoms with van der Waals surface area (Å²) in [7, 11) is -11.8. The van der Waals surface area contributed by atoms with Gasteiger partial charge in [-0.15, -0.1) is 0 Å². The van der Waals surface area contributed by atoms with Crippen molar-refractivity contribution in [1.29, 1.82) is 0 Å². The minimum absolute atomic E-state index is 0.0613. The highest BCUT2D eigenvalue weighted by atomic mass is 32.2. The van der Waals surface area contributed by atoms with Crippen LogP contribution < -0.4 is 20.7 Å². The number of hydrogen-bond acceptors (Lipinski definition) is 16. The van der Waals surface area contributed by atoms with Gasteiger partial charge in [-0.05, 0) is 67.1 Å². The molecule has 0 saturated heterocycles. The smallest absolute Gasteiger partial charge is 0.297 e. The largest absolute Gasteiger partial charge is 0.494 e. The lowest BCUT2D eigenvalue weighted by Crippen LogP contribution is -2.26. The number of benzene rings is 4. The van der Waals surface area contributed by atoms with Crippen molar-refractivity contribution in [3.8, 4) is 17.5 Å². The average molecular weight is 816 g/mol. The molecule has 5 rings (SSSR count). The fraction of sp³-hybridized carbons (Fsp3) is 0.129. The van der Waals surface area contributed by atoms with E-state index in [1.807, 2.05) is 0 Å². The number of rotatable bonds is 14. The lowest BCUT2D eigenvalue weighted by atomic mass is 10.2. The summed E-state index contributed by atoms with van der Waals surface area (Å²) in [5.74, 6) is -0.309. The van der Waals surface area contributed by atoms with Gasteiger partial charge in [0.2, 0.25) is 11.2 Å². The molecule has 55 heavy (non-hydrogen) atoms. The minimum Gasteiger partial charge on any atom is -0.494 e. The number of azo groups is 2. The van der Waals surface area contributed by atoms with E-state index >= 15 is 0 Å². The average Bonchev–Trinajstić information content (AvgIpc) is 3.12. The minimum atomic E-state index is -4.48. The number of aromatic hydroxyl groups is 1. The van der Waals surface area contributed by atoms with E-state index in [1.54, 1.807) is 0 Å². The van der Waals surface area contributed by atoms with Gasteiger partial charge in [-0.2, -0.15) is 50.7 Å². The molecule has 0 unspecified atom stereocenters. The van der Waals surface area contributed by atoms with E-state index in [-0.39, 0.29) is 74.0 Å². The van der Waals surface area contributed by atoms with Crippen molar-refractivity contribution in [2.45, 2.75) is 16.2 Å². The van der Waals surface area contributed by atoms with Crippen molar-refractivity contribution in [3.05, 3.63) is 96.2 Å². The molecule has 0 aliphatic carbocycles. The molecule has 0 bridgehead atoms. The number of nitrogens with zero attached hydrogens (tertiary/aromatic N) is 7. The van der Waals surface area contributed by atoms with E-state index in [9.17, 15) is 39.5 Å². The first-order valence-electron chi connectivity index (χ1n) is 15.3. The van der Waals surface area contributed by atoms with Gasteiger partial charge >= 0.3 is 0 Å². The predicted octanol–water partition coefficient (Wildman–Crippen LogP) is 4.90. The Labute approximate surface area is 311 Å². The maximum absolute atomic E-state index is 11.5. The van der Waals surface area contributed by atoms with Crippen LogP contribution in [0.5, 0.6) is 17.5 Å². The zero-order valence-corrected chi connectivity index (χ0v) is 30.6. The van der Waals surface area contributed by atoms with Crippen LogP contribution in [0.3, 0.4) is 0 Å². The van der Waals surface area contributed by atoms with E-state index in [2.05, 4.69) is 45.4 Å². The molecule has 0 amide bonds. The lowest BCUT2D eigenvalue weighted by Gasteiger charge is -2.09. The van der Waals surface area contributed by atoms with Crippen LogP contribution in [0.1, 0.15) is 6.42 Å². The van der Waals surface area contributed by atoms with Crippen LogP contribution in [-0.4, -0.2) is 78.4 Å². The van der Waals surface area contributed by atoms with Crippen molar-refractivity contribution < 1.29 is 53.5 Å². The molecule has 1 heterocycles. The van der Waals surface area contributed by atoms with Gasteiger partial charge in [-0.25, -0.2) is 9.98 Å². The zero-order valence-electron chi connectivity index (χ0n) is 28.1. The fourth-order valence-electron chi connectivity index (χ4n) is 4.40. The van der Waals surface area contributed by atoms with Gasteiger partial charge < -0.3 is 14.6 Å². The Hall–Kier alpha value is -6.18. The molecule has 0 aliphatic heterocycles. The summed E-state index contributed by atoms with van der Waals surface area (Å²) in [6, 6.07) is 18.5. The molecule has 288 valence electrons. The van der Waals surface area contributed by atoms with Crippen LogP contribution in [0.4, 0.5) is 34.1 Å². The third-order valence-electron chi connectivity index (χ3n) is 6.83. The molecule has 0 saturated carbocycles. The van der Waals surface area contributed by atoms with E-state index < -0.39 is 42.1 Å². The Morgan fingerprint density at radius 1 is 0.655 bits per heavy atom. The number of hydrogen-bond donors (Lipinski definition) is 6. The molecular weight excluding hydrogens is 787 g/mol. The molecule has 24 heteroatoms. The van der Waals surface area contributed by atoms with Crippen LogP contribution in [-0.2, 0) is 30.4 Å². The van der Waals surface area contributed by atoms with Crippen molar-refractivity contribution in [1.82, 2.24) is 15.0 Å². The van der Waals surface area contributed by atoms with Crippen LogP contribution in [0, 0.1) is 0 Å². The molecule has 0 atom stereocenters. The maximum atomic E-state index is 11.5. The van der Waals surface area contributed by atoms with E-state index in [0.29, 0.717) is 5.69 Å². The van der Waals surface area contributed by atoms with Crippen LogP contribution >= 0.6 is 0 Å². The van der Waals surface area contributed by atoms with Crippen molar-refractivity contribution in [2.75, 3.05) is 19.5 Å². The highest BCUT2D eigenvalue weighted by molar-refractivity contribution is 7.86. The Kier molecular flexibility index (Phi) is 12.3. The topological polar surface area (TPSA) is 320 Å². The van der Waals surface area contributed by atoms with Crippen LogP contribution in [0.2, 0.25) is 0 Å². The van der Waals surface area contributed by atoms with E-state index in [1.165, 1.54) is 79.9 Å². The summed E-state index contributed by atoms with van der Waals surface area (Å²) in [6.07, 6.45) is -0.0903. The van der Waals surface area contributed by atoms with Crippen LogP contribution in [0.15, 0.2) is 125 Å². The molecule has 21 nitrogen and oxygen atoms in total. The number of aromatic nitrogens is 3. The molecule has 0 spiro atoms. The Morgan fingerprint density at radius 2 is 1.16 bits per heavy atom. The van der Waals surface area contributed by atoms with Crippen LogP contribution in [0.25, 0.3) is 0 Å². The first-order valence-corrected chi connectivity index (χ1v) is 19.8. The second kappa shape index (κ2) is 16.9. The number of ether oxygens (including phenoxy) is 2. The highest BCUT2D eigenvalue weighted by Crippen LogP contribution is 2.34. The van der Waals surface area contributed by atoms with Gasteiger partial charge in [0.25, 0.3) is 36.4 Å². The summed E-state index contributed by atoms with van der Waals surface area (Å²) in [4.78, 5) is 17.3. The number of methoxy groups -OCH3 is 1. The molecular formula is C31H29N9O12S3. The summed E-state index contributed by atoms with van der Waals surface area (Å²) in [5.41, 5.74) is 0.899. The molecule has 1 aromatic heterocycles. The van der Waals surface area contributed by atoms with Gasteiger partial charge in [0.15, 0.2) is 0 Å². The van der Waals surface area contributed by atoms with E-state index in [4.69, 9.17) is 14.0 Å². The van der Waals surface area contributed by atoms with Gasteiger partial charge in [0.1, 0.15) is 22.9 Å². The Morgan fingerprint density at radius 3 is 1.67 bits per heavy atom. The summed E-state index contributed by atoms with van der Waals surface area (Å²) in [5, 5.41) is 26.5. The Bertz CT molecular complexity index is 2770. The van der Waals surface area contributed by atoms with Gasteiger partial charge in [0, 0.05) is 12.1 Å². The maximum Gasteiger partial charge on any atom is 0.297 e. The fourth-order valence-corrected chi connectivity index (χ4v) is 5.93. The number of aromatic amines is 2. The molecule has 5 aromatic rings. The van der Waals surface area contributed by atoms with Gasteiger partial charge in [-0.3, -0.25) is 23.6 Å². The third-order valence-corrected chi connectivity index (χ3v) is 9.34. The molecule has 0 radical (unpaired) electrons. The SMILES string of the molecule is COc1cc(N=Nc2cccc(S(=O)(=O)O)c2)ccc1N=c1nc(O)[nH]c(=Nc2ccc(N=Nc3cccc(S(=O)(=O)O)c3)cc2OCCCS(=O)(=O)O)[nH]1. The first-order chi connectivity index (χ1) is 25.9. The monoisotopic (exact) mass is 815 g/mol. The van der Waals surface area contributed by atoms with Crippen molar-refractivity contribution in [3.63, 3.8) is 0 Å². The van der Waals surface area contributed by atoms with E-state index in [0.717, 1.165) is 12.1 Å². The third kappa shape index (κ3) is 11.9. The zero-order chi connectivity index (χ0) is 39.8. The molecule has 4 aromatic carbocycles. The van der Waals surface area contributed by atoms with Gasteiger partial charge in [0.05, 0.1) is 52.0 Å². The molecule has 0 fully saturated rings. The van der Waals surface area contributed by atoms with Crippen molar-refractivity contribution in [2.24, 2.45) is 30.4 Å². The highest BCUT2D eigenvalue weighted by Gasteiger charge is 2.12. The lowest BCUT2D eigenvalue weighted by molar-refractivity contribution is 0.317. The normalized spacial score (nSPS) is 13.2. The predicted molar refractivity (Wildman–Crippen MR) is 192 cm³/mol. The second-order valence-electron chi connectivity index (χ2n) is 10.9. The standard InChI is InChI=1S/C31H29N9O12S3/c1-51-27-17-21(39-37-19-5-2-7-23(15-19)54(45,46)47)9-11-25(27)32-29-34-30(36-31(41)35-29)33-26-12-10-22(18-28(26)52-13-4-14-53(42,43)44)40-38-20-6-3-8-24(16-20)55(48,49)50/h2-3,5-12,15-18H,4,13-14H2,1H3,(H,42,43,44)(H,45,46,47)(H,48,49,50)(H3,32,33,34,35,36,41). The van der Waals surface area contributed by atoms with Gasteiger partial charge in [-0.1, -0.05) is 12.1 Å². The second-order valence-corrected chi connectivity index (χ2v) is 15.3.